The highest BCUT2D eigenvalue weighted by molar-refractivity contribution is 7.89. The molecule has 0 aromatic heterocycles. The van der Waals surface area contributed by atoms with E-state index in [0.29, 0.717) is 29.0 Å². The number of hydrogen-bond acceptors (Lipinski definition) is 6. The number of sulfone groups is 1. The second-order valence-electron chi connectivity index (χ2n) is 8.27. The molecular formula is C24H26ClNO6S. The molecule has 0 aliphatic heterocycles. The molecule has 2 aromatic carbocycles. The molecule has 7 nitrogen and oxygen atoms in total. The minimum atomic E-state index is -3.27. The lowest BCUT2D eigenvalue weighted by atomic mass is 9.74. The van der Waals surface area contributed by atoms with Crippen LogP contribution in [0.25, 0.3) is 0 Å². The van der Waals surface area contributed by atoms with E-state index in [1.807, 2.05) is 0 Å². The van der Waals surface area contributed by atoms with Crippen molar-refractivity contribution in [2.24, 2.45) is 0 Å². The smallest absolute Gasteiger partial charge is 0.338 e. The Hall–Kier alpha value is -2.71. The summed E-state index contributed by atoms with van der Waals surface area (Å²) in [6.07, 6.45) is 3.36. The van der Waals surface area contributed by atoms with Crippen molar-refractivity contribution >= 4 is 39.1 Å². The minimum Gasteiger partial charge on any atom is -0.452 e. The summed E-state index contributed by atoms with van der Waals surface area (Å²) in [6.45, 7) is -0.564. The first-order chi connectivity index (χ1) is 15.5. The summed E-state index contributed by atoms with van der Waals surface area (Å²) >= 11 is 6.41. The van der Waals surface area contributed by atoms with Crippen LogP contribution in [0, 0.1) is 0 Å². The molecule has 1 aliphatic rings. The van der Waals surface area contributed by atoms with Gasteiger partial charge in [0.2, 0.25) is 0 Å². The van der Waals surface area contributed by atoms with E-state index in [-0.39, 0.29) is 17.1 Å². The van der Waals surface area contributed by atoms with E-state index in [4.69, 9.17) is 16.3 Å². The van der Waals surface area contributed by atoms with Crippen molar-refractivity contribution in [3.63, 3.8) is 0 Å². The van der Waals surface area contributed by atoms with E-state index in [1.54, 1.807) is 36.4 Å². The van der Waals surface area contributed by atoms with Gasteiger partial charge in [0, 0.05) is 30.3 Å². The molecule has 1 atom stereocenters. The highest BCUT2D eigenvalue weighted by Gasteiger charge is 2.48. The number of nitrogens with zero attached hydrogens (tertiary/aromatic N) is 1. The van der Waals surface area contributed by atoms with Gasteiger partial charge in [0.1, 0.15) is 5.54 Å². The van der Waals surface area contributed by atoms with Gasteiger partial charge >= 0.3 is 5.97 Å². The SMILES string of the molecule is CN(C(=O)COC(=O)c1cccc(CS(C)(=O)=O)c1)C1(c2ccccc2Cl)CCCCC1=O. The normalized spacial score (nSPS) is 18.6. The first-order valence-corrected chi connectivity index (χ1v) is 13.0. The van der Waals surface area contributed by atoms with Crippen LogP contribution in [-0.4, -0.2) is 50.9 Å². The zero-order valence-corrected chi connectivity index (χ0v) is 20.1. The Balaban J connectivity index is 1.78. The first kappa shape index (κ1) is 24.9. The van der Waals surface area contributed by atoms with Crippen molar-refractivity contribution in [3.8, 4) is 0 Å². The van der Waals surface area contributed by atoms with E-state index in [1.165, 1.54) is 24.1 Å². The molecule has 3 rings (SSSR count). The van der Waals surface area contributed by atoms with Gasteiger partial charge in [-0.15, -0.1) is 0 Å². The molecule has 2 aromatic rings. The third-order valence-electron chi connectivity index (χ3n) is 5.84. The van der Waals surface area contributed by atoms with Crippen LogP contribution in [0.5, 0.6) is 0 Å². The van der Waals surface area contributed by atoms with Crippen LogP contribution in [0.1, 0.15) is 47.2 Å². The number of carbonyl (C=O) groups is 3. The number of amides is 1. The summed E-state index contributed by atoms with van der Waals surface area (Å²) in [5, 5.41) is 0.395. The van der Waals surface area contributed by atoms with Gasteiger partial charge in [0.25, 0.3) is 5.91 Å². The molecule has 9 heteroatoms. The second-order valence-corrected chi connectivity index (χ2v) is 10.8. The van der Waals surface area contributed by atoms with E-state index in [2.05, 4.69) is 0 Å². The van der Waals surface area contributed by atoms with E-state index >= 15 is 0 Å². The average Bonchev–Trinajstić information content (AvgIpc) is 2.77. The number of ketones is 1. The maximum absolute atomic E-state index is 13.1. The van der Waals surface area contributed by atoms with E-state index in [0.717, 1.165) is 19.1 Å². The molecule has 0 spiro atoms. The van der Waals surface area contributed by atoms with Gasteiger partial charge in [-0.2, -0.15) is 0 Å². The quantitative estimate of drug-likeness (QED) is 0.549. The van der Waals surface area contributed by atoms with Crippen molar-refractivity contribution in [2.75, 3.05) is 19.9 Å². The summed E-state index contributed by atoms with van der Waals surface area (Å²) in [7, 11) is -1.74. The van der Waals surface area contributed by atoms with Gasteiger partial charge in [-0.25, -0.2) is 13.2 Å². The fraction of sp³-hybridized carbons (Fsp3) is 0.375. The summed E-state index contributed by atoms with van der Waals surface area (Å²) in [4.78, 5) is 40.0. The molecule has 1 fully saturated rings. The molecule has 0 saturated heterocycles. The lowest BCUT2D eigenvalue weighted by Crippen LogP contribution is -2.55. The Morgan fingerprint density at radius 2 is 1.85 bits per heavy atom. The van der Waals surface area contributed by atoms with Crippen LogP contribution < -0.4 is 0 Å². The van der Waals surface area contributed by atoms with Crippen LogP contribution in [0.15, 0.2) is 48.5 Å². The highest BCUT2D eigenvalue weighted by Crippen LogP contribution is 2.42. The van der Waals surface area contributed by atoms with Crippen molar-refractivity contribution in [1.29, 1.82) is 0 Å². The summed E-state index contributed by atoms with van der Waals surface area (Å²) in [6, 6.07) is 13.0. The number of halogens is 1. The van der Waals surface area contributed by atoms with Gasteiger partial charge in [0.15, 0.2) is 22.2 Å². The van der Waals surface area contributed by atoms with Gasteiger partial charge in [0.05, 0.1) is 11.3 Å². The minimum absolute atomic E-state index is 0.0995. The Morgan fingerprint density at radius 1 is 1.12 bits per heavy atom. The predicted octanol–water partition coefficient (Wildman–Crippen LogP) is 3.54. The molecule has 1 saturated carbocycles. The summed E-state index contributed by atoms with van der Waals surface area (Å²) in [5.74, 6) is -1.60. The zero-order valence-electron chi connectivity index (χ0n) is 18.5. The van der Waals surface area contributed by atoms with Crippen molar-refractivity contribution in [2.45, 2.75) is 37.0 Å². The molecule has 1 amide bonds. The Kier molecular flexibility index (Phi) is 7.59. The van der Waals surface area contributed by atoms with Crippen LogP contribution in [0.2, 0.25) is 5.02 Å². The number of esters is 1. The molecule has 0 bridgehead atoms. The standard InChI is InChI=1S/C24H26ClNO6S/c1-26(24(13-6-5-12-21(24)27)19-10-3-4-11-20(19)25)22(28)15-32-23(29)18-9-7-8-17(14-18)16-33(2,30)31/h3-4,7-11,14H,5-6,12-13,15-16H2,1-2H3. The van der Waals surface area contributed by atoms with Crippen LogP contribution in [0.3, 0.4) is 0 Å². The van der Waals surface area contributed by atoms with Crippen LogP contribution >= 0.6 is 11.6 Å². The fourth-order valence-electron chi connectivity index (χ4n) is 4.24. The number of ether oxygens (including phenoxy) is 1. The molecular weight excluding hydrogens is 466 g/mol. The molecule has 0 heterocycles. The zero-order chi connectivity index (χ0) is 24.2. The molecule has 1 unspecified atom stereocenters. The topological polar surface area (TPSA) is 97.8 Å². The second kappa shape index (κ2) is 10.1. The number of benzene rings is 2. The fourth-order valence-corrected chi connectivity index (χ4v) is 5.32. The van der Waals surface area contributed by atoms with Gasteiger partial charge in [-0.1, -0.05) is 41.9 Å². The largest absolute Gasteiger partial charge is 0.452 e. The number of hydrogen-bond donors (Lipinski definition) is 0. The Morgan fingerprint density at radius 3 is 2.52 bits per heavy atom. The first-order valence-electron chi connectivity index (χ1n) is 10.5. The van der Waals surface area contributed by atoms with Gasteiger partial charge in [-0.3, -0.25) is 9.59 Å². The van der Waals surface area contributed by atoms with E-state index < -0.39 is 33.9 Å². The maximum Gasteiger partial charge on any atom is 0.338 e. The highest BCUT2D eigenvalue weighted by atomic mass is 35.5. The number of rotatable bonds is 7. The van der Waals surface area contributed by atoms with Crippen LogP contribution in [0.4, 0.5) is 0 Å². The Labute approximate surface area is 198 Å². The predicted molar refractivity (Wildman–Crippen MR) is 125 cm³/mol. The lowest BCUT2D eigenvalue weighted by Gasteiger charge is -2.43. The third-order valence-corrected chi connectivity index (χ3v) is 7.03. The lowest BCUT2D eigenvalue weighted by molar-refractivity contribution is -0.150. The number of carbonyl (C=O) groups excluding carboxylic acids is 3. The van der Waals surface area contributed by atoms with Crippen molar-refractivity contribution in [3.05, 3.63) is 70.2 Å². The summed E-state index contributed by atoms with van der Waals surface area (Å²) < 4.78 is 28.2. The average molecular weight is 492 g/mol. The van der Waals surface area contributed by atoms with Crippen molar-refractivity contribution < 1.29 is 27.5 Å². The van der Waals surface area contributed by atoms with Crippen LogP contribution in [-0.2, 0) is 35.5 Å². The van der Waals surface area contributed by atoms with Crippen molar-refractivity contribution in [1.82, 2.24) is 4.90 Å². The van der Waals surface area contributed by atoms with Gasteiger partial charge < -0.3 is 9.64 Å². The summed E-state index contributed by atoms with van der Waals surface area (Å²) in [5.41, 5.74) is -0.0655. The van der Waals surface area contributed by atoms with Gasteiger partial charge in [-0.05, 0) is 43.0 Å². The Bertz CT molecular complexity index is 1180. The molecule has 0 radical (unpaired) electrons. The molecule has 0 N–H and O–H groups in total. The monoisotopic (exact) mass is 491 g/mol. The molecule has 33 heavy (non-hydrogen) atoms. The molecule has 1 aliphatic carbocycles. The number of Topliss-reactive ketones (excluding diaryl/α,β-unsaturated/α-hetero) is 1. The number of likely N-dealkylation sites (N-methyl/N-ethyl adjacent to an activating group) is 1. The maximum atomic E-state index is 13.1. The molecule has 176 valence electrons. The third kappa shape index (κ3) is 5.62. The van der Waals surface area contributed by atoms with E-state index in [9.17, 15) is 22.8 Å².